The van der Waals surface area contributed by atoms with Gasteiger partial charge in [0.25, 0.3) is 0 Å². The molecule has 25 heavy (non-hydrogen) atoms. The third-order valence-corrected chi connectivity index (χ3v) is 6.44. The highest BCUT2D eigenvalue weighted by atomic mass is 32.2. The SMILES string of the molecule is O=S(=O)(c1ccc(F)cc1)N1CC=C(c2c[nH]c3ccccc23)CC1. The molecule has 1 aromatic heterocycles. The number of nitrogens with zero attached hydrogens (tertiary/aromatic N) is 1. The molecular formula is C19H17FN2O2S. The average molecular weight is 356 g/mol. The monoisotopic (exact) mass is 356 g/mol. The van der Waals surface area contributed by atoms with Crippen LogP contribution in [0, 0.1) is 5.82 Å². The molecular weight excluding hydrogens is 339 g/mol. The predicted octanol–water partition coefficient (Wildman–Crippen LogP) is 3.79. The van der Waals surface area contributed by atoms with Crippen LogP contribution in [0.25, 0.3) is 16.5 Å². The number of fused-ring (bicyclic) bond motifs is 1. The number of rotatable bonds is 3. The zero-order valence-corrected chi connectivity index (χ0v) is 14.3. The first-order valence-corrected chi connectivity index (χ1v) is 9.51. The van der Waals surface area contributed by atoms with Crippen LogP contribution >= 0.6 is 0 Å². The number of benzene rings is 2. The van der Waals surface area contributed by atoms with Crippen molar-refractivity contribution in [2.24, 2.45) is 0 Å². The highest BCUT2D eigenvalue weighted by Crippen LogP contribution is 2.30. The maximum absolute atomic E-state index is 13.0. The Bertz CT molecular complexity index is 1050. The van der Waals surface area contributed by atoms with Crippen molar-refractivity contribution in [1.29, 1.82) is 0 Å². The number of hydrogen-bond donors (Lipinski definition) is 1. The molecule has 1 aliphatic rings. The van der Waals surface area contributed by atoms with Gasteiger partial charge >= 0.3 is 0 Å². The molecule has 0 saturated heterocycles. The number of nitrogens with one attached hydrogen (secondary N) is 1. The second kappa shape index (κ2) is 6.13. The third-order valence-electron chi connectivity index (χ3n) is 4.56. The second-order valence-electron chi connectivity index (χ2n) is 6.04. The fourth-order valence-electron chi connectivity index (χ4n) is 3.21. The number of aromatic amines is 1. The van der Waals surface area contributed by atoms with Crippen LogP contribution in [0.4, 0.5) is 4.39 Å². The summed E-state index contributed by atoms with van der Waals surface area (Å²) in [4.78, 5) is 3.37. The van der Waals surface area contributed by atoms with E-state index in [1.54, 1.807) is 0 Å². The van der Waals surface area contributed by atoms with Crippen molar-refractivity contribution in [3.05, 3.63) is 72.2 Å². The molecule has 0 aliphatic carbocycles. The van der Waals surface area contributed by atoms with Crippen LogP contribution in [0.15, 0.2) is 65.7 Å². The Morgan fingerprint density at radius 1 is 1.04 bits per heavy atom. The summed E-state index contributed by atoms with van der Waals surface area (Å²) >= 11 is 0. The summed E-state index contributed by atoms with van der Waals surface area (Å²) in [6.45, 7) is 0.722. The molecule has 4 nitrogen and oxygen atoms in total. The number of H-pyrrole nitrogens is 1. The highest BCUT2D eigenvalue weighted by Gasteiger charge is 2.26. The smallest absolute Gasteiger partial charge is 0.243 e. The van der Waals surface area contributed by atoms with E-state index >= 15 is 0 Å². The fraction of sp³-hybridized carbons (Fsp3) is 0.158. The van der Waals surface area contributed by atoms with Crippen LogP contribution in [-0.4, -0.2) is 30.8 Å². The molecule has 0 spiro atoms. The van der Waals surface area contributed by atoms with Gasteiger partial charge in [-0.2, -0.15) is 4.31 Å². The molecule has 0 amide bonds. The summed E-state index contributed by atoms with van der Waals surface area (Å²) in [7, 11) is -3.60. The minimum Gasteiger partial charge on any atom is -0.361 e. The van der Waals surface area contributed by atoms with Gasteiger partial charge in [-0.1, -0.05) is 24.3 Å². The Labute approximate surface area is 145 Å². The van der Waals surface area contributed by atoms with Crippen LogP contribution < -0.4 is 0 Å². The van der Waals surface area contributed by atoms with Crippen molar-refractivity contribution < 1.29 is 12.8 Å². The first-order chi connectivity index (χ1) is 12.1. The van der Waals surface area contributed by atoms with E-state index in [-0.39, 0.29) is 4.90 Å². The Kier molecular flexibility index (Phi) is 3.94. The van der Waals surface area contributed by atoms with E-state index in [1.807, 2.05) is 30.5 Å². The summed E-state index contributed by atoms with van der Waals surface area (Å²) in [5.74, 6) is -0.445. The molecule has 0 fully saturated rings. The molecule has 4 rings (SSSR count). The molecule has 1 aliphatic heterocycles. The zero-order valence-electron chi connectivity index (χ0n) is 13.4. The Hall–Kier alpha value is -2.44. The lowest BCUT2D eigenvalue weighted by Gasteiger charge is -2.25. The zero-order chi connectivity index (χ0) is 17.4. The summed E-state index contributed by atoms with van der Waals surface area (Å²) in [6, 6.07) is 13.0. The van der Waals surface area contributed by atoms with Gasteiger partial charge in [0.15, 0.2) is 0 Å². The van der Waals surface area contributed by atoms with E-state index in [4.69, 9.17) is 0 Å². The van der Waals surface area contributed by atoms with Crippen molar-refractivity contribution >= 4 is 26.5 Å². The van der Waals surface area contributed by atoms with Gasteiger partial charge in [-0.3, -0.25) is 0 Å². The normalized spacial score (nSPS) is 16.1. The molecule has 1 N–H and O–H groups in total. The van der Waals surface area contributed by atoms with E-state index in [0.717, 1.165) is 22.0 Å². The van der Waals surface area contributed by atoms with Crippen molar-refractivity contribution in [2.45, 2.75) is 11.3 Å². The summed E-state index contributed by atoms with van der Waals surface area (Å²) < 4.78 is 39.8. The lowest BCUT2D eigenvalue weighted by molar-refractivity contribution is 0.441. The van der Waals surface area contributed by atoms with Crippen LogP contribution in [0.2, 0.25) is 0 Å². The molecule has 0 atom stereocenters. The van der Waals surface area contributed by atoms with Crippen molar-refractivity contribution in [1.82, 2.24) is 9.29 Å². The molecule has 6 heteroatoms. The predicted molar refractivity (Wildman–Crippen MR) is 96.1 cm³/mol. The Morgan fingerprint density at radius 3 is 2.52 bits per heavy atom. The summed E-state index contributed by atoms with van der Waals surface area (Å²) in [6.07, 6.45) is 4.57. The van der Waals surface area contributed by atoms with Gasteiger partial charge in [-0.25, -0.2) is 12.8 Å². The quantitative estimate of drug-likeness (QED) is 0.776. The molecule has 2 heterocycles. The Morgan fingerprint density at radius 2 is 1.80 bits per heavy atom. The topological polar surface area (TPSA) is 53.2 Å². The van der Waals surface area contributed by atoms with Crippen LogP contribution in [0.3, 0.4) is 0 Å². The number of para-hydroxylation sites is 1. The fourth-order valence-corrected chi connectivity index (χ4v) is 4.59. The summed E-state index contributed by atoms with van der Waals surface area (Å²) in [5.41, 5.74) is 3.33. The lowest BCUT2D eigenvalue weighted by atomic mass is 10.00. The van der Waals surface area contributed by atoms with Gasteiger partial charge in [0.1, 0.15) is 5.82 Å². The number of aromatic nitrogens is 1. The molecule has 0 saturated carbocycles. The van der Waals surface area contributed by atoms with Crippen LogP contribution in [0.1, 0.15) is 12.0 Å². The highest BCUT2D eigenvalue weighted by molar-refractivity contribution is 7.89. The van der Waals surface area contributed by atoms with Gasteiger partial charge in [-0.15, -0.1) is 0 Å². The van der Waals surface area contributed by atoms with E-state index in [0.29, 0.717) is 19.5 Å². The largest absolute Gasteiger partial charge is 0.361 e. The van der Waals surface area contributed by atoms with Crippen molar-refractivity contribution in [2.75, 3.05) is 13.1 Å². The molecule has 0 unspecified atom stereocenters. The summed E-state index contributed by atoms with van der Waals surface area (Å²) in [5, 5.41) is 1.14. The third kappa shape index (κ3) is 2.88. The van der Waals surface area contributed by atoms with Gasteiger partial charge in [0.2, 0.25) is 10.0 Å². The average Bonchev–Trinajstić information content (AvgIpc) is 3.06. The maximum Gasteiger partial charge on any atom is 0.243 e. The maximum atomic E-state index is 13.0. The van der Waals surface area contributed by atoms with Crippen molar-refractivity contribution in [3.8, 4) is 0 Å². The first-order valence-electron chi connectivity index (χ1n) is 8.07. The molecule has 0 radical (unpaired) electrons. The van der Waals surface area contributed by atoms with Gasteiger partial charge in [0, 0.05) is 35.8 Å². The van der Waals surface area contributed by atoms with E-state index in [1.165, 1.54) is 28.6 Å². The van der Waals surface area contributed by atoms with Gasteiger partial charge in [0.05, 0.1) is 4.90 Å². The standard InChI is InChI=1S/C19H17FN2O2S/c20-15-5-7-16(8-6-15)25(23,24)22-11-9-14(10-12-22)18-13-21-19-4-2-1-3-17(18)19/h1-9,13,21H,10-12H2. The molecule has 3 aromatic rings. The van der Waals surface area contributed by atoms with Crippen LogP contribution in [0.5, 0.6) is 0 Å². The number of hydrogen-bond acceptors (Lipinski definition) is 2. The van der Waals surface area contributed by atoms with E-state index < -0.39 is 15.8 Å². The lowest BCUT2D eigenvalue weighted by Crippen LogP contribution is -2.34. The van der Waals surface area contributed by atoms with Gasteiger partial charge < -0.3 is 4.98 Å². The van der Waals surface area contributed by atoms with E-state index in [9.17, 15) is 12.8 Å². The minimum absolute atomic E-state index is 0.123. The molecule has 0 bridgehead atoms. The molecule has 2 aromatic carbocycles. The number of sulfonamides is 1. The van der Waals surface area contributed by atoms with Gasteiger partial charge in [-0.05, 0) is 42.3 Å². The number of halogens is 1. The molecule has 128 valence electrons. The second-order valence-corrected chi connectivity index (χ2v) is 7.98. The van der Waals surface area contributed by atoms with E-state index in [2.05, 4.69) is 11.1 Å². The van der Waals surface area contributed by atoms with Crippen LogP contribution in [-0.2, 0) is 10.0 Å². The van der Waals surface area contributed by atoms with Crippen molar-refractivity contribution in [3.63, 3.8) is 0 Å². The first kappa shape index (κ1) is 16.1. The Balaban J connectivity index is 1.60. The minimum atomic E-state index is -3.60.